The fraction of sp³-hybridized carbons (Fsp3) is 0.364. The van der Waals surface area contributed by atoms with Crippen LogP contribution in [0.5, 0.6) is 0 Å². The van der Waals surface area contributed by atoms with Gasteiger partial charge in [0.05, 0.1) is 6.61 Å². The highest BCUT2D eigenvalue weighted by atomic mass is 16.5. The minimum atomic E-state index is -0.858. The lowest BCUT2D eigenvalue weighted by Crippen LogP contribution is -2.17. The Morgan fingerprint density at radius 2 is 2.07 bits per heavy atom. The van der Waals surface area contributed by atoms with Crippen LogP contribution in [0, 0.1) is 0 Å². The van der Waals surface area contributed by atoms with E-state index in [9.17, 15) is 4.79 Å². The van der Waals surface area contributed by atoms with Crippen LogP contribution in [0.4, 0.5) is 0 Å². The molecule has 74 valence electrons. The molecule has 1 heterocycles. The van der Waals surface area contributed by atoms with Gasteiger partial charge in [-0.1, -0.05) is 30.3 Å². The third kappa shape index (κ3) is 1.77. The monoisotopic (exact) mass is 192 g/mol. The Bertz CT molecular complexity index is 321. The molecule has 1 aliphatic heterocycles. The van der Waals surface area contributed by atoms with Crippen LogP contribution >= 0.6 is 0 Å². The van der Waals surface area contributed by atoms with E-state index < -0.39 is 12.1 Å². The van der Waals surface area contributed by atoms with Gasteiger partial charge in [-0.2, -0.15) is 0 Å². The standard InChI is InChI=1S/C11H12O3/c12-11(13)10-6-9(7-14-10)8-4-2-1-3-5-8/h1-5,9-10H,6-7H2,(H,12,13)/t9-,10-/m0/s1. The number of carboxylic acid groups (broad SMARTS) is 1. The van der Waals surface area contributed by atoms with Crippen molar-refractivity contribution in [2.75, 3.05) is 6.61 Å². The van der Waals surface area contributed by atoms with E-state index >= 15 is 0 Å². The minimum absolute atomic E-state index is 0.234. The molecular weight excluding hydrogens is 180 g/mol. The smallest absolute Gasteiger partial charge is 0.332 e. The quantitative estimate of drug-likeness (QED) is 0.774. The average Bonchev–Trinajstić information content (AvgIpc) is 2.68. The van der Waals surface area contributed by atoms with Crippen molar-refractivity contribution in [3.8, 4) is 0 Å². The molecule has 1 aromatic rings. The van der Waals surface area contributed by atoms with Crippen molar-refractivity contribution in [3.63, 3.8) is 0 Å². The molecule has 0 amide bonds. The molecule has 3 nitrogen and oxygen atoms in total. The van der Waals surface area contributed by atoms with Crippen molar-refractivity contribution in [2.45, 2.75) is 18.4 Å². The summed E-state index contributed by atoms with van der Waals surface area (Å²) in [6, 6.07) is 9.90. The van der Waals surface area contributed by atoms with Crippen molar-refractivity contribution in [1.82, 2.24) is 0 Å². The van der Waals surface area contributed by atoms with E-state index in [4.69, 9.17) is 9.84 Å². The van der Waals surface area contributed by atoms with Gasteiger partial charge < -0.3 is 9.84 Å². The molecule has 0 aliphatic carbocycles. The van der Waals surface area contributed by atoms with E-state index in [0.29, 0.717) is 13.0 Å². The fourth-order valence-electron chi connectivity index (χ4n) is 1.76. The molecule has 1 aromatic carbocycles. The van der Waals surface area contributed by atoms with Gasteiger partial charge in [0.25, 0.3) is 0 Å². The van der Waals surface area contributed by atoms with E-state index in [2.05, 4.69) is 0 Å². The Labute approximate surface area is 82.3 Å². The lowest BCUT2D eigenvalue weighted by atomic mass is 9.96. The molecule has 1 N–H and O–H groups in total. The lowest BCUT2D eigenvalue weighted by molar-refractivity contribution is -0.147. The molecule has 0 unspecified atom stereocenters. The van der Waals surface area contributed by atoms with Gasteiger partial charge in [0.2, 0.25) is 0 Å². The first kappa shape index (κ1) is 9.21. The van der Waals surface area contributed by atoms with E-state index in [1.807, 2.05) is 30.3 Å². The van der Waals surface area contributed by atoms with Crippen LogP contribution in [0.1, 0.15) is 17.9 Å². The second-order valence-corrected chi connectivity index (χ2v) is 3.50. The zero-order chi connectivity index (χ0) is 9.97. The summed E-state index contributed by atoms with van der Waals surface area (Å²) in [5.41, 5.74) is 1.16. The summed E-state index contributed by atoms with van der Waals surface area (Å²) in [4.78, 5) is 10.7. The molecule has 2 atom stereocenters. The van der Waals surface area contributed by atoms with E-state index in [0.717, 1.165) is 5.56 Å². The van der Waals surface area contributed by atoms with Crippen molar-refractivity contribution >= 4 is 5.97 Å². The van der Waals surface area contributed by atoms with Crippen LogP contribution in [0.25, 0.3) is 0 Å². The van der Waals surface area contributed by atoms with Gasteiger partial charge in [0.1, 0.15) is 0 Å². The molecule has 1 aliphatic rings. The van der Waals surface area contributed by atoms with Gasteiger partial charge in [-0.15, -0.1) is 0 Å². The predicted octanol–water partition coefficient (Wildman–Crippen LogP) is 1.64. The number of aliphatic carboxylic acids is 1. The number of hydrogen-bond donors (Lipinski definition) is 1. The van der Waals surface area contributed by atoms with Gasteiger partial charge in [-0.25, -0.2) is 4.79 Å². The van der Waals surface area contributed by atoms with Crippen LogP contribution in [-0.2, 0) is 9.53 Å². The topological polar surface area (TPSA) is 46.5 Å². The van der Waals surface area contributed by atoms with Gasteiger partial charge in [-0.05, 0) is 12.0 Å². The molecule has 3 heteroatoms. The molecular formula is C11H12O3. The first-order chi connectivity index (χ1) is 6.77. The van der Waals surface area contributed by atoms with Crippen LogP contribution in [0.15, 0.2) is 30.3 Å². The zero-order valence-electron chi connectivity index (χ0n) is 7.72. The first-order valence-corrected chi connectivity index (χ1v) is 4.66. The Hall–Kier alpha value is -1.35. The third-order valence-electron chi connectivity index (χ3n) is 2.54. The number of hydrogen-bond acceptors (Lipinski definition) is 2. The summed E-state index contributed by atoms with van der Waals surface area (Å²) < 4.78 is 5.18. The van der Waals surface area contributed by atoms with Crippen molar-refractivity contribution in [1.29, 1.82) is 0 Å². The largest absolute Gasteiger partial charge is 0.479 e. The predicted molar refractivity (Wildman–Crippen MR) is 51.2 cm³/mol. The minimum Gasteiger partial charge on any atom is -0.479 e. The number of carbonyl (C=O) groups is 1. The van der Waals surface area contributed by atoms with E-state index in [1.54, 1.807) is 0 Å². The average molecular weight is 192 g/mol. The molecule has 14 heavy (non-hydrogen) atoms. The Balaban J connectivity index is 2.06. The maximum absolute atomic E-state index is 10.7. The van der Waals surface area contributed by atoms with Gasteiger partial charge >= 0.3 is 5.97 Å². The summed E-state index contributed by atoms with van der Waals surface area (Å²) in [5.74, 6) is -0.624. The Kier molecular flexibility index (Phi) is 2.50. The van der Waals surface area contributed by atoms with Crippen molar-refractivity contribution in [2.24, 2.45) is 0 Å². The van der Waals surface area contributed by atoms with Crippen LogP contribution in [0.3, 0.4) is 0 Å². The fourth-order valence-corrected chi connectivity index (χ4v) is 1.76. The van der Waals surface area contributed by atoms with Crippen molar-refractivity contribution in [3.05, 3.63) is 35.9 Å². The summed E-state index contributed by atoms with van der Waals surface area (Å²) in [6.45, 7) is 0.515. The normalized spacial score (nSPS) is 26.3. The number of carboxylic acids is 1. The maximum atomic E-state index is 10.7. The van der Waals surface area contributed by atoms with Gasteiger partial charge in [0.15, 0.2) is 6.10 Å². The third-order valence-corrected chi connectivity index (χ3v) is 2.54. The highest BCUT2D eigenvalue weighted by Crippen LogP contribution is 2.29. The first-order valence-electron chi connectivity index (χ1n) is 4.66. The summed E-state index contributed by atoms with van der Waals surface area (Å²) in [7, 11) is 0. The lowest BCUT2D eigenvalue weighted by Gasteiger charge is -2.06. The Morgan fingerprint density at radius 3 is 2.64 bits per heavy atom. The summed E-state index contributed by atoms with van der Waals surface area (Å²) in [5, 5.41) is 8.75. The molecule has 0 radical (unpaired) electrons. The molecule has 2 rings (SSSR count). The highest BCUT2D eigenvalue weighted by molar-refractivity contribution is 5.72. The molecule has 0 bridgehead atoms. The van der Waals surface area contributed by atoms with E-state index in [-0.39, 0.29) is 5.92 Å². The molecule has 1 saturated heterocycles. The van der Waals surface area contributed by atoms with Crippen molar-refractivity contribution < 1.29 is 14.6 Å². The van der Waals surface area contributed by atoms with Crippen LogP contribution in [-0.4, -0.2) is 23.8 Å². The molecule has 0 spiro atoms. The molecule has 0 aromatic heterocycles. The number of rotatable bonds is 2. The second-order valence-electron chi connectivity index (χ2n) is 3.50. The highest BCUT2D eigenvalue weighted by Gasteiger charge is 2.31. The van der Waals surface area contributed by atoms with Gasteiger partial charge in [-0.3, -0.25) is 0 Å². The van der Waals surface area contributed by atoms with Gasteiger partial charge in [0, 0.05) is 5.92 Å². The van der Waals surface area contributed by atoms with E-state index in [1.165, 1.54) is 0 Å². The molecule has 0 saturated carbocycles. The second kappa shape index (κ2) is 3.80. The van der Waals surface area contributed by atoms with Crippen LogP contribution < -0.4 is 0 Å². The summed E-state index contributed by atoms with van der Waals surface area (Å²) in [6.07, 6.45) is -0.0421. The number of benzene rings is 1. The SMILES string of the molecule is O=C(O)[C@@H]1C[C@H](c2ccccc2)CO1. The summed E-state index contributed by atoms with van der Waals surface area (Å²) >= 11 is 0. The molecule has 1 fully saturated rings. The zero-order valence-corrected chi connectivity index (χ0v) is 7.72. The Morgan fingerprint density at radius 1 is 1.36 bits per heavy atom. The number of ether oxygens (including phenoxy) is 1. The van der Waals surface area contributed by atoms with Crippen LogP contribution in [0.2, 0.25) is 0 Å². The maximum Gasteiger partial charge on any atom is 0.332 e.